The number of rotatable bonds is 3. The Balaban J connectivity index is 2.79. The normalized spacial score (nSPS) is 29.9. The lowest BCUT2D eigenvalue weighted by Gasteiger charge is -2.42. The van der Waals surface area contributed by atoms with E-state index in [2.05, 4.69) is 19.2 Å². The van der Waals surface area contributed by atoms with Crippen LogP contribution in [0.25, 0.3) is 0 Å². The first-order valence-corrected chi connectivity index (χ1v) is 5.82. The molecule has 88 valence electrons. The van der Waals surface area contributed by atoms with Crippen LogP contribution in [0.5, 0.6) is 0 Å². The second-order valence-corrected chi connectivity index (χ2v) is 5.25. The van der Waals surface area contributed by atoms with Crippen LogP contribution < -0.4 is 5.32 Å². The minimum atomic E-state index is -0.447. The number of likely N-dealkylation sites (N-methyl/N-ethyl adjacent to an activating group) is 1. The van der Waals surface area contributed by atoms with Crippen LogP contribution in [0.4, 0.5) is 0 Å². The molecule has 0 aromatic rings. The maximum Gasteiger partial charge on any atom is 0.326 e. The summed E-state index contributed by atoms with van der Waals surface area (Å²) in [4.78, 5) is 12.0. The van der Waals surface area contributed by atoms with Crippen LogP contribution in [0.15, 0.2) is 0 Å². The van der Waals surface area contributed by atoms with Crippen molar-refractivity contribution in [2.45, 2.75) is 52.0 Å². The summed E-state index contributed by atoms with van der Waals surface area (Å²) in [5.41, 5.74) is -0.216. The molecule has 3 heteroatoms. The van der Waals surface area contributed by atoms with Crippen molar-refractivity contribution in [3.05, 3.63) is 0 Å². The van der Waals surface area contributed by atoms with Gasteiger partial charge in [-0.05, 0) is 38.6 Å². The molecular formula is C12H23NO2. The Labute approximate surface area is 92.6 Å². The summed E-state index contributed by atoms with van der Waals surface area (Å²) in [5.74, 6) is -0.0831. The van der Waals surface area contributed by atoms with E-state index in [-0.39, 0.29) is 11.4 Å². The molecule has 0 heterocycles. The van der Waals surface area contributed by atoms with Crippen LogP contribution in [-0.4, -0.2) is 25.2 Å². The number of esters is 1. The zero-order valence-corrected chi connectivity index (χ0v) is 10.4. The highest BCUT2D eigenvalue weighted by Gasteiger charge is 2.45. The molecule has 1 saturated carbocycles. The van der Waals surface area contributed by atoms with Crippen molar-refractivity contribution in [3.63, 3.8) is 0 Å². The summed E-state index contributed by atoms with van der Waals surface area (Å²) in [5, 5.41) is 3.18. The topological polar surface area (TPSA) is 38.3 Å². The zero-order chi connectivity index (χ0) is 11.5. The Kier molecular flexibility index (Phi) is 3.77. The first kappa shape index (κ1) is 12.5. The molecule has 3 nitrogen and oxygen atoms in total. The molecule has 0 spiro atoms. The maximum atomic E-state index is 12.0. The molecule has 1 atom stereocenters. The van der Waals surface area contributed by atoms with E-state index in [9.17, 15) is 4.79 Å². The van der Waals surface area contributed by atoms with Crippen LogP contribution in [0.3, 0.4) is 0 Å². The van der Waals surface area contributed by atoms with Crippen LogP contribution in [-0.2, 0) is 9.53 Å². The predicted molar refractivity (Wildman–Crippen MR) is 60.7 cm³/mol. The molecule has 0 bridgehead atoms. The molecule has 1 aliphatic carbocycles. The van der Waals surface area contributed by atoms with Crippen molar-refractivity contribution in [2.24, 2.45) is 5.41 Å². The summed E-state index contributed by atoms with van der Waals surface area (Å²) in [6.07, 6.45) is 4.05. The molecule has 0 amide bonds. The average Bonchev–Trinajstić information content (AvgIpc) is 2.16. The highest BCUT2D eigenvalue weighted by molar-refractivity contribution is 5.81. The molecule has 0 aromatic heterocycles. The van der Waals surface area contributed by atoms with Crippen LogP contribution in [0, 0.1) is 5.41 Å². The Bertz CT molecular complexity index is 238. The third kappa shape index (κ3) is 2.71. The maximum absolute atomic E-state index is 12.0. The van der Waals surface area contributed by atoms with E-state index in [1.54, 1.807) is 0 Å². The van der Waals surface area contributed by atoms with Crippen LogP contribution in [0.2, 0.25) is 0 Å². The zero-order valence-electron chi connectivity index (χ0n) is 10.4. The lowest BCUT2D eigenvalue weighted by atomic mass is 9.68. The van der Waals surface area contributed by atoms with Gasteiger partial charge >= 0.3 is 5.97 Å². The van der Waals surface area contributed by atoms with Gasteiger partial charge in [0.05, 0.1) is 6.61 Å². The molecule has 0 radical (unpaired) electrons. The van der Waals surface area contributed by atoms with Gasteiger partial charge in [-0.1, -0.05) is 20.3 Å². The number of hydrogen-bond acceptors (Lipinski definition) is 3. The molecule has 15 heavy (non-hydrogen) atoms. The van der Waals surface area contributed by atoms with Gasteiger partial charge in [-0.2, -0.15) is 0 Å². The summed E-state index contributed by atoms with van der Waals surface area (Å²) < 4.78 is 5.17. The van der Waals surface area contributed by atoms with Gasteiger partial charge in [-0.25, -0.2) is 0 Å². The van der Waals surface area contributed by atoms with Crippen LogP contribution >= 0.6 is 0 Å². The number of hydrogen-bond donors (Lipinski definition) is 1. The first-order chi connectivity index (χ1) is 6.96. The number of carbonyl (C=O) groups is 1. The largest absolute Gasteiger partial charge is 0.465 e. The SMILES string of the molecule is CCOC(=O)C1(NC)CCCC(C)(C)C1. The van der Waals surface area contributed by atoms with E-state index in [0.29, 0.717) is 6.61 Å². The van der Waals surface area contributed by atoms with E-state index in [0.717, 1.165) is 19.3 Å². The van der Waals surface area contributed by atoms with Crippen molar-refractivity contribution in [3.8, 4) is 0 Å². The Morgan fingerprint density at radius 2 is 2.07 bits per heavy atom. The lowest BCUT2D eigenvalue weighted by Crippen LogP contribution is -2.55. The van der Waals surface area contributed by atoms with E-state index in [4.69, 9.17) is 4.74 Å². The lowest BCUT2D eigenvalue weighted by molar-refractivity contribution is -0.154. The molecule has 1 fully saturated rings. The minimum absolute atomic E-state index is 0.0831. The molecule has 0 saturated heterocycles. The van der Waals surface area contributed by atoms with Crippen molar-refractivity contribution in [1.29, 1.82) is 0 Å². The van der Waals surface area contributed by atoms with Gasteiger partial charge < -0.3 is 10.1 Å². The van der Waals surface area contributed by atoms with E-state index >= 15 is 0 Å². The van der Waals surface area contributed by atoms with E-state index in [1.807, 2.05) is 14.0 Å². The second-order valence-electron chi connectivity index (χ2n) is 5.25. The van der Waals surface area contributed by atoms with Crippen molar-refractivity contribution < 1.29 is 9.53 Å². The second kappa shape index (κ2) is 4.52. The van der Waals surface area contributed by atoms with Crippen molar-refractivity contribution in [2.75, 3.05) is 13.7 Å². The number of nitrogens with one attached hydrogen (secondary N) is 1. The summed E-state index contributed by atoms with van der Waals surface area (Å²) in [6, 6.07) is 0. The molecule has 1 aliphatic rings. The van der Waals surface area contributed by atoms with Crippen LogP contribution in [0.1, 0.15) is 46.5 Å². The Morgan fingerprint density at radius 3 is 2.53 bits per heavy atom. The van der Waals surface area contributed by atoms with Gasteiger partial charge in [-0.3, -0.25) is 4.79 Å². The molecule has 0 aliphatic heterocycles. The summed E-state index contributed by atoms with van der Waals surface area (Å²) in [6.45, 7) is 6.76. The van der Waals surface area contributed by atoms with Gasteiger partial charge in [-0.15, -0.1) is 0 Å². The number of carbonyl (C=O) groups excluding carboxylic acids is 1. The minimum Gasteiger partial charge on any atom is -0.465 e. The average molecular weight is 213 g/mol. The molecule has 0 aromatic carbocycles. The quantitative estimate of drug-likeness (QED) is 0.730. The van der Waals surface area contributed by atoms with Crippen molar-refractivity contribution >= 4 is 5.97 Å². The number of ether oxygens (including phenoxy) is 1. The fraction of sp³-hybridized carbons (Fsp3) is 0.917. The van der Waals surface area contributed by atoms with Gasteiger partial charge in [0.1, 0.15) is 5.54 Å². The molecule has 1 unspecified atom stereocenters. The standard InChI is InChI=1S/C12H23NO2/c1-5-15-10(14)12(13-4)8-6-7-11(2,3)9-12/h13H,5-9H2,1-4H3. The summed E-state index contributed by atoms with van der Waals surface area (Å²) in [7, 11) is 1.86. The fourth-order valence-electron chi connectivity index (χ4n) is 2.62. The van der Waals surface area contributed by atoms with Crippen molar-refractivity contribution in [1.82, 2.24) is 5.32 Å². The third-order valence-electron chi connectivity index (χ3n) is 3.38. The van der Waals surface area contributed by atoms with Gasteiger partial charge in [0.15, 0.2) is 0 Å². The van der Waals surface area contributed by atoms with E-state index < -0.39 is 5.54 Å². The smallest absolute Gasteiger partial charge is 0.326 e. The van der Waals surface area contributed by atoms with Gasteiger partial charge in [0.2, 0.25) is 0 Å². The highest BCUT2D eigenvalue weighted by Crippen LogP contribution is 2.41. The van der Waals surface area contributed by atoms with E-state index in [1.165, 1.54) is 6.42 Å². The molecule has 1 rings (SSSR count). The fourth-order valence-corrected chi connectivity index (χ4v) is 2.62. The van der Waals surface area contributed by atoms with Gasteiger partial charge in [0, 0.05) is 0 Å². The monoisotopic (exact) mass is 213 g/mol. The Hall–Kier alpha value is -0.570. The first-order valence-electron chi connectivity index (χ1n) is 5.82. The highest BCUT2D eigenvalue weighted by atomic mass is 16.5. The molecule has 1 N–H and O–H groups in total. The predicted octanol–water partition coefficient (Wildman–Crippen LogP) is 2.11. The summed E-state index contributed by atoms with van der Waals surface area (Å²) >= 11 is 0. The third-order valence-corrected chi connectivity index (χ3v) is 3.38. The van der Waals surface area contributed by atoms with Gasteiger partial charge in [0.25, 0.3) is 0 Å². The molecular weight excluding hydrogens is 190 g/mol. The Morgan fingerprint density at radius 1 is 1.40 bits per heavy atom.